The van der Waals surface area contributed by atoms with Crippen molar-refractivity contribution in [2.24, 2.45) is 5.73 Å². The molecule has 0 saturated heterocycles. The van der Waals surface area contributed by atoms with Crippen LogP contribution in [0.4, 0.5) is 0 Å². The van der Waals surface area contributed by atoms with Crippen LogP contribution >= 0.6 is 0 Å². The van der Waals surface area contributed by atoms with Gasteiger partial charge in [0.15, 0.2) is 0 Å². The summed E-state index contributed by atoms with van der Waals surface area (Å²) in [5.41, 5.74) is 8.96. The molecule has 0 aliphatic heterocycles. The van der Waals surface area contributed by atoms with Crippen molar-refractivity contribution in [3.63, 3.8) is 0 Å². The van der Waals surface area contributed by atoms with E-state index in [2.05, 4.69) is 38.1 Å². The number of hydrogen-bond donors (Lipinski definition) is 1. The molecule has 90 valence electrons. The molecule has 1 aromatic carbocycles. The van der Waals surface area contributed by atoms with Crippen LogP contribution in [-0.2, 0) is 6.42 Å². The lowest BCUT2D eigenvalue weighted by molar-refractivity contribution is 0.529. The minimum atomic E-state index is 0.381. The van der Waals surface area contributed by atoms with E-state index in [1.54, 1.807) is 0 Å². The summed E-state index contributed by atoms with van der Waals surface area (Å²) in [4.78, 5) is 0. The van der Waals surface area contributed by atoms with E-state index in [1.807, 2.05) is 0 Å². The number of benzene rings is 1. The summed E-state index contributed by atoms with van der Waals surface area (Å²) in [6, 6.07) is 8.99. The highest BCUT2D eigenvalue weighted by Crippen LogP contribution is 2.12. The topological polar surface area (TPSA) is 26.0 Å². The van der Waals surface area contributed by atoms with Crippen molar-refractivity contribution < 1.29 is 0 Å². The Hall–Kier alpha value is -0.820. The van der Waals surface area contributed by atoms with Gasteiger partial charge in [0.05, 0.1) is 0 Å². The van der Waals surface area contributed by atoms with Crippen LogP contribution in [0.25, 0.3) is 0 Å². The Bertz CT molecular complexity index is 293. The Morgan fingerprint density at radius 3 is 2.56 bits per heavy atom. The van der Waals surface area contributed by atoms with E-state index < -0.39 is 0 Å². The first-order valence-corrected chi connectivity index (χ1v) is 6.54. The van der Waals surface area contributed by atoms with Gasteiger partial charge in [0, 0.05) is 6.04 Å². The molecule has 0 fully saturated rings. The molecule has 0 radical (unpaired) electrons. The summed E-state index contributed by atoms with van der Waals surface area (Å²) < 4.78 is 0. The lowest BCUT2D eigenvalue weighted by Gasteiger charge is -2.12. The van der Waals surface area contributed by atoms with Crippen molar-refractivity contribution in [2.75, 3.05) is 0 Å². The molecular weight excluding hydrogens is 194 g/mol. The summed E-state index contributed by atoms with van der Waals surface area (Å²) >= 11 is 0. The number of unbranched alkanes of at least 4 members (excludes halogenated alkanes) is 2. The highest BCUT2D eigenvalue weighted by atomic mass is 14.6. The number of hydrogen-bond acceptors (Lipinski definition) is 1. The Balaban J connectivity index is 2.26. The van der Waals surface area contributed by atoms with E-state index in [1.165, 1.54) is 36.8 Å². The maximum atomic E-state index is 6.11. The molecule has 1 heteroatoms. The Morgan fingerprint density at radius 2 is 1.88 bits per heavy atom. The molecule has 0 aliphatic carbocycles. The van der Waals surface area contributed by atoms with Crippen LogP contribution in [0.2, 0.25) is 0 Å². The molecule has 0 spiro atoms. The van der Waals surface area contributed by atoms with Gasteiger partial charge in [-0.1, -0.05) is 50.5 Å². The Labute approximate surface area is 100 Å². The average molecular weight is 219 g/mol. The summed E-state index contributed by atoms with van der Waals surface area (Å²) in [5, 5.41) is 0. The molecule has 1 nitrogen and oxygen atoms in total. The SMILES string of the molecule is CCCCCC(N)CCc1ccccc1C. The van der Waals surface area contributed by atoms with E-state index in [9.17, 15) is 0 Å². The zero-order valence-corrected chi connectivity index (χ0v) is 10.7. The smallest absolute Gasteiger partial charge is 0.00419 e. The number of nitrogens with two attached hydrogens (primary N) is 1. The zero-order valence-electron chi connectivity index (χ0n) is 10.7. The van der Waals surface area contributed by atoms with Crippen LogP contribution in [0.5, 0.6) is 0 Å². The first-order valence-electron chi connectivity index (χ1n) is 6.54. The van der Waals surface area contributed by atoms with Crippen LogP contribution in [-0.4, -0.2) is 6.04 Å². The van der Waals surface area contributed by atoms with Gasteiger partial charge in [-0.15, -0.1) is 0 Å². The molecule has 1 atom stereocenters. The summed E-state index contributed by atoms with van der Waals surface area (Å²) in [5.74, 6) is 0. The largest absolute Gasteiger partial charge is 0.328 e. The van der Waals surface area contributed by atoms with Gasteiger partial charge in [-0.05, 0) is 37.3 Å². The second kappa shape index (κ2) is 7.45. The van der Waals surface area contributed by atoms with Gasteiger partial charge in [-0.25, -0.2) is 0 Å². The van der Waals surface area contributed by atoms with Crippen LogP contribution in [0.1, 0.15) is 50.2 Å². The molecule has 0 saturated carbocycles. The summed E-state index contributed by atoms with van der Waals surface area (Å²) in [6.07, 6.45) is 7.31. The number of aryl methyl sites for hydroxylation is 2. The molecule has 0 heterocycles. The Morgan fingerprint density at radius 1 is 1.12 bits per heavy atom. The molecule has 0 aliphatic rings. The maximum absolute atomic E-state index is 6.11. The van der Waals surface area contributed by atoms with Gasteiger partial charge in [0.1, 0.15) is 0 Å². The van der Waals surface area contributed by atoms with Crippen molar-refractivity contribution in [3.05, 3.63) is 35.4 Å². The molecule has 0 amide bonds. The molecule has 2 N–H and O–H groups in total. The molecule has 1 rings (SSSR count). The van der Waals surface area contributed by atoms with Gasteiger partial charge in [0.2, 0.25) is 0 Å². The third-order valence-corrected chi connectivity index (χ3v) is 3.22. The first-order chi connectivity index (χ1) is 7.74. The highest BCUT2D eigenvalue weighted by molar-refractivity contribution is 5.25. The standard InChI is InChI=1S/C15H25N/c1-3-4-5-10-15(16)12-11-14-9-7-6-8-13(14)2/h6-9,15H,3-5,10-12,16H2,1-2H3. The second-order valence-corrected chi connectivity index (χ2v) is 4.72. The van der Waals surface area contributed by atoms with Gasteiger partial charge in [-0.3, -0.25) is 0 Å². The minimum Gasteiger partial charge on any atom is -0.328 e. The average Bonchev–Trinajstić information content (AvgIpc) is 2.28. The van der Waals surface area contributed by atoms with Gasteiger partial charge in [-0.2, -0.15) is 0 Å². The van der Waals surface area contributed by atoms with Crippen LogP contribution in [0.15, 0.2) is 24.3 Å². The van der Waals surface area contributed by atoms with Crippen LogP contribution in [0, 0.1) is 6.92 Å². The quantitative estimate of drug-likeness (QED) is 0.693. The molecule has 1 aromatic rings. The predicted molar refractivity (Wildman–Crippen MR) is 71.6 cm³/mol. The molecule has 0 aromatic heterocycles. The van der Waals surface area contributed by atoms with E-state index in [4.69, 9.17) is 5.73 Å². The van der Waals surface area contributed by atoms with Crippen LogP contribution < -0.4 is 5.73 Å². The monoisotopic (exact) mass is 219 g/mol. The fourth-order valence-electron chi connectivity index (χ4n) is 2.03. The van der Waals surface area contributed by atoms with Gasteiger partial charge < -0.3 is 5.73 Å². The third-order valence-electron chi connectivity index (χ3n) is 3.22. The summed E-state index contributed by atoms with van der Waals surface area (Å²) in [7, 11) is 0. The van der Waals surface area contributed by atoms with Crippen LogP contribution in [0.3, 0.4) is 0 Å². The normalized spacial score (nSPS) is 12.7. The summed E-state index contributed by atoms with van der Waals surface area (Å²) in [6.45, 7) is 4.41. The van der Waals surface area contributed by atoms with Crippen molar-refractivity contribution in [3.8, 4) is 0 Å². The van der Waals surface area contributed by atoms with E-state index in [0.29, 0.717) is 6.04 Å². The first kappa shape index (κ1) is 13.2. The maximum Gasteiger partial charge on any atom is 0.00419 e. The second-order valence-electron chi connectivity index (χ2n) is 4.72. The molecule has 1 unspecified atom stereocenters. The minimum absolute atomic E-state index is 0.381. The Kier molecular flexibility index (Phi) is 6.17. The lowest BCUT2D eigenvalue weighted by Crippen LogP contribution is -2.20. The lowest BCUT2D eigenvalue weighted by atomic mass is 9.98. The van der Waals surface area contributed by atoms with E-state index >= 15 is 0 Å². The molecular formula is C15H25N. The fourth-order valence-corrected chi connectivity index (χ4v) is 2.03. The van der Waals surface area contributed by atoms with Crippen molar-refractivity contribution in [2.45, 2.75) is 58.4 Å². The van der Waals surface area contributed by atoms with Gasteiger partial charge >= 0.3 is 0 Å². The molecule has 0 bridgehead atoms. The number of rotatable bonds is 7. The molecule has 16 heavy (non-hydrogen) atoms. The third kappa shape index (κ3) is 4.80. The van der Waals surface area contributed by atoms with Crippen molar-refractivity contribution in [1.29, 1.82) is 0 Å². The van der Waals surface area contributed by atoms with Crippen molar-refractivity contribution in [1.82, 2.24) is 0 Å². The van der Waals surface area contributed by atoms with Gasteiger partial charge in [0.25, 0.3) is 0 Å². The van der Waals surface area contributed by atoms with E-state index in [0.717, 1.165) is 12.8 Å². The zero-order chi connectivity index (χ0) is 11.8. The predicted octanol–water partition coefficient (Wildman–Crippen LogP) is 3.84. The van der Waals surface area contributed by atoms with Crippen molar-refractivity contribution >= 4 is 0 Å². The van der Waals surface area contributed by atoms with E-state index in [-0.39, 0.29) is 0 Å². The highest BCUT2D eigenvalue weighted by Gasteiger charge is 2.04. The fraction of sp³-hybridized carbons (Fsp3) is 0.600.